The van der Waals surface area contributed by atoms with E-state index in [-0.39, 0.29) is 38.5 Å². The van der Waals surface area contributed by atoms with Crippen molar-refractivity contribution in [2.45, 2.75) is 26.8 Å². The fourth-order valence-corrected chi connectivity index (χ4v) is 1.98. The van der Waals surface area contributed by atoms with Crippen molar-refractivity contribution in [3.63, 3.8) is 0 Å². The van der Waals surface area contributed by atoms with Crippen LogP contribution < -0.4 is 16.0 Å². The third-order valence-corrected chi connectivity index (χ3v) is 4.21. The van der Waals surface area contributed by atoms with E-state index in [2.05, 4.69) is 10.3 Å². The molecule has 0 saturated carbocycles. The number of anilines is 1. The minimum atomic E-state index is -0.859. The molecule has 1 rings (SSSR count). The lowest BCUT2D eigenvalue weighted by Crippen LogP contribution is -2.39. The largest absolute Gasteiger partial charge is 0.448 e. The van der Waals surface area contributed by atoms with Gasteiger partial charge in [0.25, 0.3) is 11.1 Å². The number of aromatic amines is 1. The first-order valence-electron chi connectivity index (χ1n) is 6.46. The van der Waals surface area contributed by atoms with E-state index in [1.807, 2.05) is 20.8 Å². The topological polar surface area (TPSA) is 95.6 Å². The van der Waals surface area contributed by atoms with E-state index >= 15 is 0 Å². The molecular weight excluding hydrogens is 353 g/mol. The molecule has 0 spiro atoms. The van der Waals surface area contributed by atoms with Gasteiger partial charge in [-0.15, -0.1) is 0 Å². The highest BCUT2D eigenvalue weighted by atomic mass is 35.5. The summed E-state index contributed by atoms with van der Waals surface area (Å²) in [5.74, 6) is -1.02. The van der Waals surface area contributed by atoms with Crippen LogP contribution in [0.25, 0.3) is 0 Å². The SMILES string of the molecule is CC(C)[C@H](C)NC(=O)COC(=O)c1[nH+]c(Cl)c(Cl)c(N)c1Cl. The number of hydrogen-bond acceptors (Lipinski definition) is 4. The predicted molar refractivity (Wildman–Crippen MR) is 85.2 cm³/mol. The van der Waals surface area contributed by atoms with Gasteiger partial charge < -0.3 is 15.8 Å². The first kappa shape index (κ1) is 18.8. The van der Waals surface area contributed by atoms with Gasteiger partial charge in [-0.05, 0) is 24.4 Å². The monoisotopic (exact) mass is 368 g/mol. The van der Waals surface area contributed by atoms with Crippen LogP contribution in [-0.2, 0) is 9.53 Å². The third-order valence-electron chi connectivity index (χ3n) is 3.05. The van der Waals surface area contributed by atoms with Crippen LogP contribution in [-0.4, -0.2) is 24.5 Å². The normalized spacial score (nSPS) is 12.1. The number of carbonyl (C=O) groups is 2. The zero-order valence-corrected chi connectivity index (χ0v) is 14.6. The zero-order valence-electron chi connectivity index (χ0n) is 12.3. The molecule has 0 aromatic carbocycles. The van der Waals surface area contributed by atoms with Gasteiger partial charge in [-0.2, -0.15) is 4.98 Å². The first-order chi connectivity index (χ1) is 10.1. The Bertz CT molecular complexity index is 594. The van der Waals surface area contributed by atoms with E-state index < -0.39 is 18.5 Å². The lowest BCUT2D eigenvalue weighted by Gasteiger charge is -2.17. The molecule has 0 saturated heterocycles. The molecule has 9 heteroatoms. The van der Waals surface area contributed by atoms with Gasteiger partial charge in [-0.25, -0.2) is 4.79 Å². The third kappa shape index (κ3) is 4.63. The Morgan fingerprint density at radius 2 is 1.82 bits per heavy atom. The van der Waals surface area contributed by atoms with Crippen molar-refractivity contribution in [2.24, 2.45) is 5.92 Å². The number of H-pyrrole nitrogens is 1. The molecule has 0 radical (unpaired) electrons. The van der Waals surface area contributed by atoms with Crippen molar-refractivity contribution in [1.29, 1.82) is 0 Å². The molecule has 0 aliphatic carbocycles. The van der Waals surface area contributed by atoms with Gasteiger partial charge in [-0.3, -0.25) is 4.79 Å². The highest BCUT2D eigenvalue weighted by Crippen LogP contribution is 2.32. The number of carbonyl (C=O) groups excluding carboxylic acids is 2. The molecule has 6 nitrogen and oxygen atoms in total. The van der Waals surface area contributed by atoms with Crippen molar-refractivity contribution in [2.75, 3.05) is 12.3 Å². The minimum Gasteiger partial charge on any atom is -0.448 e. The van der Waals surface area contributed by atoms with Gasteiger partial charge in [-0.1, -0.05) is 37.0 Å². The van der Waals surface area contributed by atoms with Crippen LogP contribution in [0.3, 0.4) is 0 Å². The number of nitrogen functional groups attached to an aromatic ring is 1. The second-order valence-electron chi connectivity index (χ2n) is 5.03. The van der Waals surface area contributed by atoms with Crippen molar-refractivity contribution in [1.82, 2.24) is 5.32 Å². The number of ether oxygens (including phenoxy) is 1. The first-order valence-corrected chi connectivity index (χ1v) is 7.60. The standard InChI is InChI=1S/C13H16Cl3N3O3/c1-5(2)6(3)18-7(20)4-22-13(21)11-8(14)10(17)9(15)12(16)19-11/h5-6H,4H2,1-3H3,(H2,17,19)(H,18,20)/p+1/t6-/m0/s1. The van der Waals surface area contributed by atoms with E-state index in [0.717, 1.165) is 0 Å². The van der Waals surface area contributed by atoms with Crippen LogP contribution in [0, 0.1) is 5.92 Å². The summed E-state index contributed by atoms with van der Waals surface area (Å²) in [5.41, 5.74) is 5.41. The van der Waals surface area contributed by atoms with Gasteiger partial charge in [0.15, 0.2) is 6.61 Å². The molecule has 0 fully saturated rings. The molecule has 4 N–H and O–H groups in total. The van der Waals surface area contributed by atoms with Gasteiger partial charge in [0, 0.05) is 6.04 Å². The molecule has 1 heterocycles. The summed E-state index contributed by atoms with van der Waals surface area (Å²) in [6.07, 6.45) is 0. The van der Waals surface area contributed by atoms with Gasteiger partial charge in [0.2, 0.25) is 0 Å². The van der Waals surface area contributed by atoms with Crippen LogP contribution in [0.2, 0.25) is 15.2 Å². The van der Waals surface area contributed by atoms with Crippen LogP contribution >= 0.6 is 34.8 Å². The van der Waals surface area contributed by atoms with Gasteiger partial charge in [0.05, 0.1) is 5.69 Å². The number of pyridine rings is 1. The maximum absolute atomic E-state index is 11.9. The summed E-state index contributed by atoms with van der Waals surface area (Å²) >= 11 is 17.5. The summed E-state index contributed by atoms with van der Waals surface area (Å²) in [4.78, 5) is 26.1. The Labute approximate surface area is 143 Å². The summed E-state index contributed by atoms with van der Waals surface area (Å²) in [6, 6.07) is -0.0398. The Kier molecular flexibility index (Phi) is 6.71. The molecule has 1 aromatic rings. The predicted octanol–water partition coefficient (Wildman–Crippen LogP) is 2.36. The van der Waals surface area contributed by atoms with Crippen LogP contribution in [0.4, 0.5) is 5.69 Å². The molecular formula is C13H17Cl3N3O3+. The molecule has 0 aliphatic heterocycles. The van der Waals surface area contributed by atoms with Crippen molar-refractivity contribution in [3.05, 3.63) is 20.9 Å². The number of aromatic nitrogens is 1. The molecule has 22 heavy (non-hydrogen) atoms. The summed E-state index contributed by atoms with van der Waals surface area (Å²) < 4.78 is 4.88. The maximum Gasteiger partial charge on any atom is 0.405 e. The maximum atomic E-state index is 11.9. The quantitative estimate of drug-likeness (QED) is 0.615. The minimum absolute atomic E-state index is 0.00622. The highest BCUT2D eigenvalue weighted by Gasteiger charge is 2.28. The van der Waals surface area contributed by atoms with Crippen LogP contribution in [0.5, 0.6) is 0 Å². The van der Waals surface area contributed by atoms with Crippen molar-refractivity contribution in [3.8, 4) is 0 Å². The van der Waals surface area contributed by atoms with Gasteiger partial charge >= 0.3 is 11.7 Å². The Hall–Kier alpha value is -1.24. The molecule has 1 aromatic heterocycles. The fourth-order valence-electron chi connectivity index (χ4n) is 1.37. The van der Waals surface area contributed by atoms with E-state index in [0.29, 0.717) is 0 Å². The Balaban J connectivity index is 2.73. The molecule has 0 bridgehead atoms. The summed E-state index contributed by atoms with van der Waals surface area (Å²) in [6.45, 7) is 5.34. The molecule has 0 unspecified atom stereocenters. The highest BCUT2D eigenvalue weighted by molar-refractivity contribution is 6.45. The van der Waals surface area contributed by atoms with E-state index in [4.69, 9.17) is 45.3 Å². The number of nitrogens with two attached hydrogens (primary N) is 1. The summed E-state index contributed by atoms with van der Waals surface area (Å²) in [7, 11) is 0. The lowest BCUT2D eigenvalue weighted by molar-refractivity contribution is -0.380. The Morgan fingerprint density at radius 1 is 1.23 bits per heavy atom. The van der Waals surface area contributed by atoms with E-state index in [9.17, 15) is 9.59 Å². The summed E-state index contributed by atoms with van der Waals surface area (Å²) in [5, 5.41) is 2.54. The molecule has 1 amide bonds. The number of hydrogen-bond donors (Lipinski definition) is 2. The van der Waals surface area contributed by atoms with E-state index in [1.54, 1.807) is 0 Å². The van der Waals surface area contributed by atoms with Crippen LogP contribution in [0.1, 0.15) is 31.3 Å². The molecule has 1 atom stereocenters. The fraction of sp³-hybridized carbons (Fsp3) is 0.462. The number of rotatable bonds is 5. The molecule has 122 valence electrons. The smallest absolute Gasteiger partial charge is 0.405 e. The Morgan fingerprint density at radius 3 is 2.36 bits per heavy atom. The average molecular weight is 370 g/mol. The number of amides is 1. The second-order valence-corrected chi connectivity index (χ2v) is 6.17. The average Bonchev–Trinajstić information content (AvgIpc) is 2.46. The number of esters is 1. The van der Waals surface area contributed by atoms with E-state index in [1.165, 1.54) is 0 Å². The van der Waals surface area contributed by atoms with Crippen molar-refractivity contribution < 1.29 is 19.3 Å². The van der Waals surface area contributed by atoms with Crippen molar-refractivity contribution >= 4 is 52.4 Å². The van der Waals surface area contributed by atoms with Crippen LogP contribution in [0.15, 0.2) is 0 Å². The number of nitrogens with one attached hydrogen (secondary N) is 2. The lowest BCUT2D eigenvalue weighted by atomic mass is 10.1. The van der Waals surface area contributed by atoms with Gasteiger partial charge in [0.1, 0.15) is 10.0 Å². The molecule has 0 aliphatic rings. The number of halogens is 3. The zero-order chi connectivity index (χ0) is 17.0. The second kappa shape index (κ2) is 7.85.